The zero-order valence-corrected chi connectivity index (χ0v) is 15.9. The zero-order valence-electron chi connectivity index (χ0n) is 15.9. The molecule has 2 heterocycles. The van der Waals surface area contributed by atoms with Gasteiger partial charge in [-0.2, -0.15) is 0 Å². The van der Waals surface area contributed by atoms with Crippen LogP contribution in [-0.2, 0) is 13.0 Å². The van der Waals surface area contributed by atoms with Crippen molar-refractivity contribution in [3.63, 3.8) is 0 Å². The van der Waals surface area contributed by atoms with E-state index in [1.54, 1.807) is 31.4 Å². The number of fused-ring (bicyclic) bond motifs is 1. The SMILES string of the molecule is CCCc1nnc(-c2cc3ccccc3n2CC(=O)c2ccc(OC)cc2)o1. The van der Waals surface area contributed by atoms with Gasteiger partial charge in [0.05, 0.1) is 13.7 Å². The van der Waals surface area contributed by atoms with Crippen molar-refractivity contribution in [3.05, 3.63) is 66.1 Å². The smallest absolute Gasteiger partial charge is 0.264 e. The standard InChI is InChI=1S/C22H21N3O3/c1-3-6-21-23-24-22(28-21)19-13-16-7-4-5-8-18(16)25(19)14-20(26)15-9-11-17(27-2)12-10-15/h4-5,7-13H,3,6,14H2,1-2H3. The van der Waals surface area contributed by atoms with Gasteiger partial charge in [0.1, 0.15) is 11.4 Å². The Bertz CT molecular complexity index is 1110. The van der Waals surface area contributed by atoms with Crippen LogP contribution >= 0.6 is 0 Å². The lowest BCUT2D eigenvalue weighted by molar-refractivity contribution is 0.0974. The molecule has 0 spiro atoms. The molecule has 0 saturated heterocycles. The zero-order chi connectivity index (χ0) is 19.5. The molecule has 0 atom stereocenters. The van der Waals surface area contributed by atoms with E-state index in [4.69, 9.17) is 9.15 Å². The van der Waals surface area contributed by atoms with E-state index < -0.39 is 0 Å². The highest BCUT2D eigenvalue weighted by Crippen LogP contribution is 2.28. The van der Waals surface area contributed by atoms with Gasteiger partial charge >= 0.3 is 0 Å². The molecule has 0 radical (unpaired) electrons. The first-order valence-electron chi connectivity index (χ1n) is 9.28. The minimum Gasteiger partial charge on any atom is -0.497 e. The summed E-state index contributed by atoms with van der Waals surface area (Å²) in [6.07, 6.45) is 1.67. The number of hydrogen-bond acceptors (Lipinski definition) is 5. The van der Waals surface area contributed by atoms with Crippen molar-refractivity contribution in [1.29, 1.82) is 0 Å². The third-order valence-electron chi connectivity index (χ3n) is 4.67. The number of Topliss-reactive ketones (excluding diaryl/α,β-unsaturated/α-hetero) is 1. The number of ketones is 1. The van der Waals surface area contributed by atoms with E-state index in [0.29, 0.717) is 17.3 Å². The summed E-state index contributed by atoms with van der Waals surface area (Å²) in [7, 11) is 1.60. The molecule has 0 aliphatic heterocycles. The second-order valence-electron chi connectivity index (χ2n) is 6.58. The van der Waals surface area contributed by atoms with Crippen LogP contribution in [0.2, 0.25) is 0 Å². The van der Waals surface area contributed by atoms with E-state index in [2.05, 4.69) is 17.1 Å². The first kappa shape index (κ1) is 18.0. The maximum absolute atomic E-state index is 12.9. The number of carbonyl (C=O) groups is 1. The molecule has 142 valence electrons. The van der Waals surface area contributed by atoms with E-state index in [9.17, 15) is 4.79 Å². The molecule has 0 unspecified atom stereocenters. The van der Waals surface area contributed by atoms with Crippen molar-refractivity contribution >= 4 is 16.7 Å². The number of benzene rings is 2. The summed E-state index contributed by atoms with van der Waals surface area (Å²) in [4.78, 5) is 12.9. The Balaban J connectivity index is 1.72. The van der Waals surface area contributed by atoms with Gasteiger partial charge < -0.3 is 13.7 Å². The van der Waals surface area contributed by atoms with Crippen molar-refractivity contribution in [2.45, 2.75) is 26.3 Å². The quantitative estimate of drug-likeness (QED) is 0.444. The Morgan fingerprint density at radius 1 is 1.11 bits per heavy atom. The summed E-state index contributed by atoms with van der Waals surface area (Å²) in [6.45, 7) is 2.25. The Kier molecular flexibility index (Phi) is 4.93. The summed E-state index contributed by atoms with van der Waals surface area (Å²) in [5.41, 5.74) is 2.33. The number of aryl methyl sites for hydroxylation is 1. The van der Waals surface area contributed by atoms with Crippen molar-refractivity contribution in [2.75, 3.05) is 7.11 Å². The van der Waals surface area contributed by atoms with Crippen LogP contribution < -0.4 is 4.74 Å². The summed E-state index contributed by atoms with van der Waals surface area (Å²) < 4.78 is 12.9. The lowest BCUT2D eigenvalue weighted by atomic mass is 10.1. The molecule has 28 heavy (non-hydrogen) atoms. The fourth-order valence-electron chi connectivity index (χ4n) is 3.24. The van der Waals surface area contributed by atoms with Crippen LogP contribution in [0.4, 0.5) is 0 Å². The van der Waals surface area contributed by atoms with Gasteiger partial charge in [-0.15, -0.1) is 10.2 Å². The molecule has 0 fully saturated rings. The molecule has 4 rings (SSSR count). The molecule has 0 amide bonds. The van der Waals surface area contributed by atoms with Crippen LogP contribution in [0, 0.1) is 0 Å². The molecule has 4 aromatic rings. The number of nitrogens with zero attached hydrogens (tertiary/aromatic N) is 3. The highest BCUT2D eigenvalue weighted by atomic mass is 16.5. The Morgan fingerprint density at radius 3 is 2.64 bits per heavy atom. The molecule has 0 aliphatic rings. The normalized spacial score (nSPS) is 11.1. The molecule has 0 aliphatic carbocycles. The Morgan fingerprint density at radius 2 is 1.89 bits per heavy atom. The molecule has 6 heteroatoms. The highest BCUT2D eigenvalue weighted by molar-refractivity contribution is 5.98. The number of ether oxygens (including phenoxy) is 1. The lowest BCUT2D eigenvalue weighted by Crippen LogP contribution is -2.11. The summed E-state index contributed by atoms with van der Waals surface area (Å²) in [6, 6.07) is 17.0. The molecular weight excluding hydrogens is 354 g/mol. The van der Waals surface area contributed by atoms with Crippen LogP contribution in [0.1, 0.15) is 29.6 Å². The van der Waals surface area contributed by atoms with Gasteiger partial charge in [0.2, 0.25) is 5.89 Å². The van der Waals surface area contributed by atoms with E-state index in [1.807, 2.05) is 34.9 Å². The maximum Gasteiger partial charge on any atom is 0.264 e. The fraction of sp³-hybridized carbons (Fsp3) is 0.227. The first-order valence-corrected chi connectivity index (χ1v) is 9.28. The molecule has 0 bridgehead atoms. The topological polar surface area (TPSA) is 70.2 Å². The van der Waals surface area contributed by atoms with E-state index in [1.165, 1.54) is 0 Å². The second-order valence-corrected chi connectivity index (χ2v) is 6.58. The van der Waals surface area contributed by atoms with Crippen molar-refractivity contribution in [2.24, 2.45) is 0 Å². The van der Waals surface area contributed by atoms with Crippen LogP contribution in [0.5, 0.6) is 5.75 Å². The summed E-state index contributed by atoms with van der Waals surface area (Å²) in [5, 5.41) is 9.34. The minimum atomic E-state index is -0.00134. The molecular formula is C22H21N3O3. The largest absolute Gasteiger partial charge is 0.497 e. The number of methoxy groups -OCH3 is 1. The third-order valence-corrected chi connectivity index (χ3v) is 4.67. The van der Waals surface area contributed by atoms with Gasteiger partial charge in [-0.05, 0) is 42.8 Å². The number of hydrogen-bond donors (Lipinski definition) is 0. The predicted molar refractivity (Wildman–Crippen MR) is 107 cm³/mol. The van der Waals surface area contributed by atoms with E-state index in [-0.39, 0.29) is 12.3 Å². The number of rotatable bonds is 7. The molecule has 0 saturated carbocycles. The fourth-order valence-corrected chi connectivity index (χ4v) is 3.24. The van der Waals surface area contributed by atoms with Gasteiger partial charge in [0.25, 0.3) is 5.89 Å². The number of para-hydroxylation sites is 1. The number of carbonyl (C=O) groups excluding carboxylic acids is 1. The monoisotopic (exact) mass is 375 g/mol. The van der Waals surface area contributed by atoms with Gasteiger partial charge in [-0.1, -0.05) is 25.1 Å². The van der Waals surface area contributed by atoms with Crippen LogP contribution in [0.15, 0.2) is 59.0 Å². The third kappa shape index (κ3) is 3.41. The maximum atomic E-state index is 12.9. The first-order chi connectivity index (χ1) is 13.7. The van der Waals surface area contributed by atoms with Crippen LogP contribution in [0.25, 0.3) is 22.5 Å². The minimum absolute atomic E-state index is 0.00134. The van der Waals surface area contributed by atoms with Gasteiger partial charge in [0, 0.05) is 22.9 Å². The molecule has 6 nitrogen and oxygen atoms in total. The van der Waals surface area contributed by atoms with Crippen molar-refractivity contribution < 1.29 is 13.9 Å². The van der Waals surface area contributed by atoms with E-state index >= 15 is 0 Å². The Hall–Kier alpha value is -3.41. The second kappa shape index (κ2) is 7.68. The summed E-state index contributed by atoms with van der Waals surface area (Å²) >= 11 is 0. The molecule has 0 N–H and O–H groups in total. The van der Waals surface area contributed by atoms with Crippen LogP contribution in [-0.4, -0.2) is 27.7 Å². The predicted octanol–water partition coefficient (Wildman–Crippen LogP) is 4.54. The molecule has 2 aromatic carbocycles. The Labute approximate surface area is 162 Å². The van der Waals surface area contributed by atoms with Crippen molar-refractivity contribution in [3.8, 4) is 17.3 Å². The molecule has 2 aromatic heterocycles. The van der Waals surface area contributed by atoms with Gasteiger partial charge in [-0.3, -0.25) is 4.79 Å². The average Bonchev–Trinajstić information content (AvgIpc) is 3.33. The summed E-state index contributed by atoms with van der Waals surface area (Å²) in [5.74, 6) is 1.76. The van der Waals surface area contributed by atoms with E-state index in [0.717, 1.165) is 35.2 Å². The van der Waals surface area contributed by atoms with Crippen molar-refractivity contribution in [1.82, 2.24) is 14.8 Å². The number of aromatic nitrogens is 3. The van der Waals surface area contributed by atoms with Gasteiger partial charge in [0.15, 0.2) is 5.78 Å². The van der Waals surface area contributed by atoms with Gasteiger partial charge in [-0.25, -0.2) is 0 Å². The average molecular weight is 375 g/mol. The lowest BCUT2D eigenvalue weighted by Gasteiger charge is -2.09. The van der Waals surface area contributed by atoms with Crippen LogP contribution in [0.3, 0.4) is 0 Å². The highest BCUT2D eigenvalue weighted by Gasteiger charge is 2.18.